The molecular formula is C18H27NO2. The van der Waals surface area contributed by atoms with Gasteiger partial charge in [-0.2, -0.15) is 0 Å². The lowest BCUT2D eigenvalue weighted by Crippen LogP contribution is -2.44. The highest BCUT2D eigenvalue weighted by atomic mass is 16.5. The second kappa shape index (κ2) is 5.70. The Morgan fingerprint density at radius 1 is 1.24 bits per heavy atom. The molecule has 1 heterocycles. The molecular weight excluding hydrogens is 262 g/mol. The van der Waals surface area contributed by atoms with Crippen molar-refractivity contribution in [3.8, 4) is 5.75 Å². The Kier molecular flexibility index (Phi) is 4.31. The molecule has 1 aromatic rings. The summed E-state index contributed by atoms with van der Waals surface area (Å²) in [5.74, 6) is 0.839. The Labute approximate surface area is 128 Å². The van der Waals surface area contributed by atoms with Crippen molar-refractivity contribution in [3.63, 3.8) is 0 Å². The number of benzene rings is 1. The summed E-state index contributed by atoms with van der Waals surface area (Å²) in [6.07, 6.45) is 2.15. The predicted octanol–water partition coefficient (Wildman–Crippen LogP) is 3.76. The lowest BCUT2D eigenvalue weighted by Gasteiger charge is -2.31. The first kappa shape index (κ1) is 15.9. The van der Waals surface area contributed by atoms with Gasteiger partial charge in [0.25, 0.3) is 5.91 Å². The molecule has 21 heavy (non-hydrogen) atoms. The van der Waals surface area contributed by atoms with Crippen LogP contribution in [-0.4, -0.2) is 29.5 Å². The molecule has 1 aliphatic heterocycles. The summed E-state index contributed by atoms with van der Waals surface area (Å²) in [7, 11) is 0. The van der Waals surface area contributed by atoms with Gasteiger partial charge in [-0.25, -0.2) is 0 Å². The second-order valence-electron chi connectivity index (χ2n) is 7.52. The Hall–Kier alpha value is -1.51. The molecule has 0 spiro atoms. The summed E-state index contributed by atoms with van der Waals surface area (Å²) in [6.45, 7) is 11.8. The van der Waals surface area contributed by atoms with Gasteiger partial charge in [0.05, 0.1) is 0 Å². The van der Waals surface area contributed by atoms with E-state index >= 15 is 0 Å². The molecule has 116 valence electrons. The molecule has 0 bridgehead atoms. The van der Waals surface area contributed by atoms with Crippen LogP contribution in [0, 0.1) is 0 Å². The third kappa shape index (κ3) is 3.78. The van der Waals surface area contributed by atoms with Crippen LogP contribution in [0.1, 0.15) is 53.0 Å². The van der Waals surface area contributed by atoms with E-state index in [4.69, 9.17) is 4.74 Å². The lowest BCUT2D eigenvalue weighted by atomic mass is 9.87. The van der Waals surface area contributed by atoms with Crippen molar-refractivity contribution in [3.05, 3.63) is 29.8 Å². The van der Waals surface area contributed by atoms with Gasteiger partial charge in [-0.3, -0.25) is 4.79 Å². The molecule has 0 saturated carbocycles. The monoisotopic (exact) mass is 289 g/mol. The van der Waals surface area contributed by atoms with Gasteiger partial charge >= 0.3 is 0 Å². The molecule has 1 fully saturated rings. The van der Waals surface area contributed by atoms with Crippen LogP contribution in [0.25, 0.3) is 0 Å². The van der Waals surface area contributed by atoms with Crippen LogP contribution in [0.2, 0.25) is 0 Å². The Morgan fingerprint density at radius 3 is 2.33 bits per heavy atom. The van der Waals surface area contributed by atoms with E-state index in [2.05, 4.69) is 46.8 Å². The predicted molar refractivity (Wildman–Crippen MR) is 85.7 cm³/mol. The van der Waals surface area contributed by atoms with Gasteiger partial charge in [-0.1, -0.05) is 32.9 Å². The maximum Gasteiger partial charge on any atom is 0.260 e. The lowest BCUT2D eigenvalue weighted by molar-refractivity contribution is -0.136. The van der Waals surface area contributed by atoms with Gasteiger partial charge in [-0.15, -0.1) is 0 Å². The molecule has 1 aromatic carbocycles. The normalized spacial score (nSPS) is 17.9. The van der Waals surface area contributed by atoms with Gasteiger partial charge < -0.3 is 9.64 Å². The highest BCUT2D eigenvalue weighted by Crippen LogP contribution is 2.28. The molecule has 0 aromatic heterocycles. The van der Waals surface area contributed by atoms with Crippen LogP contribution in [0.3, 0.4) is 0 Å². The number of carbonyl (C=O) groups is 1. The van der Waals surface area contributed by atoms with Gasteiger partial charge in [-0.05, 0) is 49.8 Å². The van der Waals surface area contributed by atoms with E-state index in [9.17, 15) is 4.79 Å². The van der Waals surface area contributed by atoms with E-state index in [1.165, 1.54) is 5.56 Å². The van der Waals surface area contributed by atoms with Gasteiger partial charge in [0, 0.05) is 12.1 Å². The number of nitrogens with zero attached hydrogens (tertiary/aromatic N) is 1. The topological polar surface area (TPSA) is 29.5 Å². The third-order valence-electron chi connectivity index (χ3n) is 4.28. The summed E-state index contributed by atoms with van der Waals surface area (Å²) in [4.78, 5) is 14.2. The average Bonchev–Trinajstić information content (AvgIpc) is 2.75. The Bertz CT molecular complexity index is 497. The molecule has 2 rings (SSSR count). The summed E-state index contributed by atoms with van der Waals surface area (Å²) in [5, 5.41) is 0. The molecule has 0 unspecified atom stereocenters. The molecule has 0 N–H and O–H groups in total. The standard InChI is InChI=1S/C18H27NO2/c1-17(2,3)14-7-9-15(10-8-14)21-13-16(20)19-12-6-11-18(19,4)5/h7-10H,6,11-13H2,1-5H3. The van der Waals surface area contributed by atoms with E-state index in [-0.39, 0.29) is 23.5 Å². The van der Waals surface area contributed by atoms with Gasteiger partial charge in [0.1, 0.15) is 5.75 Å². The molecule has 0 atom stereocenters. The van der Waals surface area contributed by atoms with Crippen molar-refractivity contribution in [1.82, 2.24) is 4.90 Å². The summed E-state index contributed by atoms with van der Waals surface area (Å²) in [6, 6.07) is 8.03. The quantitative estimate of drug-likeness (QED) is 0.848. The van der Waals surface area contributed by atoms with Crippen LogP contribution in [0.5, 0.6) is 5.75 Å². The second-order valence-corrected chi connectivity index (χ2v) is 7.52. The van der Waals surface area contributed by atoms with Crippen LogP contribution in [0.4, 0.5) is 0 Å². The molecule has 1 amide bonds. The van der Waals surface area contributed by atoms with Crippen molar-refractivity contribution in [2.45, 2.75) is 58.4 Å². The SMILES string of the molecule is CC(C)(C)c1ccc(OCC(=O)N2CCCC2(C)C)cc1. The van der Waals surface area contributed by atoms with Crippen molar-refractivity contribution in [1.29, 1.82) is 0 Å². The molecule has 3 nitrogen and oxygen atoms in total. The zero-order valence-electron chi connectivity index (χ0n) is 13.9. The largest absolute Gasteiger partial charge is 0.484 e. The maximum absolute atomic E-state index is 12.3. The van der Waals surface area contributed by atoms with E-state index < -0.39 is 0 Å². The number of hydrogen-bond donors (Lipinski definition) is 0. The van der Waals surface area contributed by atoms with Crippen molar-refractivity contribution >= 4 is 5.91 Å². The minimum atomic E-state index is -0.0312. The van der Waals surface area contributed by atoms with Crippen molar-refractivity contribution < 1.29 is 9.53 Å². The minimum Gasteiger partial charge on any atom is -0.484 e. The van der Waals surface area contributed by atoms with E-state index in [1.54, 1.807) is 0 Å². The van der Waals surface area contributed by atoms with E-state index in [0.29, 0.717) is 0 Å². The highest BCUT2D eigenvalue weighted by molar-refractivity contribution is 5.78. The zero-order valence-corrected chi connectivity index (χ0v) is 13.9. The summed E-state index contributed by atoms with van der Waals surface area (Å²) >= 11 is 0. The van der Waals surface area contributed by atoms with Crippen molar-refractivity contribution in [2.24, 2.45) is 0 Å². The number of ether oxygens (including phenoxy) is 1. The summed E-state index contributed by atoms with van der Waals surface area (Å²) < 4.78 is 5.65. The smallest absolute Gasteiger partial charge is 0.260 e. The molecule has 3 heteroatoms. The maximum atomic E-state index is 12.3. The fraction of sp³-hybridized carbons (Fsp3) is 0.611. The van der Waals surface area contributed by atoms with Crippen LogP contribution in [0.15, 0.2) is 24.3 Å². The Morgan fingerprint density at radius 2 is 1.86 bits per heavy atom. The first-order chi connectivity index (χ1) is 9.70. The molecule has 1 saturated heterocycles. The fourth-order valence-corrected chi connectivity index (χ4v) is 2.84. The fourth-order valence-electron chi connectivity index (χ4n) is 2.84. The molecule has 1 aliphatic rings. The van der Waals surface area contributed by atoms with Crippen LogP contribution < -0.4 is 4.74 Å². The number of likely N-dealkylation sites (tertiary alicyclic amines) is 1. The number of hydrogen-bond acceptors (Lipinski definition) is 2. The number of rotatable bonds is 3. The first-order valence-corrected chi connectivity index (χ1v) is 7.74. The third-order valence-corrected chi connectivity index (χ3v) is 4.28. The average molecular weight is 289 g/mol. The number of amides is 1. The Balaban J connectivity index is 1.93. The highest BCUT2D eigenvalue weighted by Gasteiger charge is 2.35. The van der Waals surface area contributed by atoms with Gasteiger partial charge in [0.15, 0.2) is 6.61 Å². The zero-order chi connectivity index (χ0) is 15.7. The van der Waals surface area contributed by atoms with E-state index in [0.717, 1.165) is 25.1 Å². The van der Waals surface area contributed by atoms with Crippen molar-refractivity contribution in [2.75, 3.05) is 13.2 Å². The minimum absolute atomic E-state index is 0.0312. The number of carbonyl (C=O) groups excluding carboxylic acids is 1. The van der Waals surface area contributed by atoms with E-state index in [1.807, 2.05) is 17.0 Å². The van der Waals surface area contributed by atoms with Crippen LogP contribution in [-0.2, 0) is 10.2 Å². The first-order valence-electron chi connectivity index (χ1n) is 7.74. The molecule has 0 aliphatic carbocycles. The van der Waals surface area contributed by atoms with Crippen LogP contribution >= 0.6 is 0 Å². The molecule has 0 radical (unpaired) electrons. The van der Waals surface area contributed by atoms with Gasteiger partial charge in [0.2, 0.25) is 0 Å². The summed E-state index contributed by atoms with van der Waals surface area (Å²) in [5.41, 5.74) is 1.37.